The summed E-state index contributed by atoms with van der Waals surface area (Å²) < 4.78 is 45.9. The van der Waals surface area contributed by atoms with Crippen LogP contribution >= 0.6 is 11.8 Å². The number of aromatic nitrogens is 1. The van der Waals surface area contributed by atoms with Crippen molar-refractivity contribution in [3.63, 3.8) is 0 Å². The summed E-state index contributed by atoms with van der Waals surface area (Å²) in [6, 6.07) is 14.6. The summed E-state index contributed by atoms with van der Waals surface area (Å²) in [6.07, 6.45) is -4.56. The van der Waals surface area contributed by atoms with Gasteiger partial charge in [0.05, 0.1) is 11.3 Å². The standard InChI is InChI=1S/C24H18F3NO4S/c1-13(2)28-17(14-7-4-3-5-8-14)12-18-19(22(28)30)20(29)21(23(31)32-18)33-16-10-6-9-15(11-16)24(25,26)27/h3-13,29H,1-2H3. The molecule has 2 heterocycles. The Hall–Kier alpha value is -3.46. The average Bonchev–Trinajstić information content (AvgIpc) is 2.76. The first-order valence-electron chi connectivity index (χ1n) is 9.93. The van der Waals surface area contributed by atoms with Gasteiger partial charge in [0.15, 0.2) is 5.75 Å². The van der Waals surface area contributed by atoms with Crippen molar-refractivity contribution in [2.24, 2.45) is 0 Å². The highest BCUT2D eigenvalue weighted by molar-refractivity contribution is 7.99. The van der Waals surface area contributed by atoms with E-state index in [9.17, 15) is 27.9 Å². The lowest BCUT2D eigenvalue weighted by molar-refractivity contribution is -0.137. The van der Waals surface area contributed by atoms with Gasteiger partial charge in [-0.15, -0.1) is 0 Å². The average molecular weight is 473 g/mol. The number of pyridine rings is 1. The van der Waals surface area contributed by atoms with E-state index in [0.717, 1.165) is 17.7 Å². The van der Waals surface area contributed by atoms with Crippen molar-refractivity contribution in [1.29, 1.82) is 0 Å². The molecule has 0 unspecified atom stereocenters. The number of hydrogen-bond donors (Lipinski definition) is 1. The highest BCUT2D eigenvalue weighted by atomic mass is 32.2. The van der Waals surface area contributed by atoms with Crippen molar-refractivity contribution in [1.82, 2.24) is 4.57 Å². The van der Waals surface area contributed by atoms with E-state index in [0.29, 0.717) is 17.5 Å². The largest absolute Gasteiger partial charge is 0.505 e. The first kappa shape index (κ1) is 22.7. The predicted molar refractivity (Wildman–Crippen MR) is 120 cm³/mol. The Morgan fingerprint density at radius 3 is 2.33 bits per heavy atom. The Balaban J connectivity index is 1.93. The summed E-state index contributed by atoms with van der Waals surface area (Å²) in [5, 5.41) is 10.6. The molecule has 0 saturated heterocycles. The van der Waals surface area contributed by atoms with Gasteiger partial charge in [0.25, 0.3) is 5.56 Å². The van der Waals surface area contributed by atoms with Crippen LogP contribution in [0.4, 0.5) is 13.2 Å². The molecule has 33 heavy (non-hydrogen) atoms. The van der Waals surface area contributed by atoms with Crippen molar-refractivity contribution in [3.05, 3.63) is 87.0 Å². The molecule has 0 amide bonds. The Morgan fingerprint density at radius 2 is 1.70 bits per heavy atom. The molecular formula is C24H18F3NO4S. The molecule has 0 aliphatic rings. The molecule has 0 atom stereocenters. The van der Waals surface area contributed by atoms with Crippen LogP contribution in [0.1, 0.15) is 25.5 Å². The van der Waals surface area contributed by atoms with Crippen LogP contribution in [0.15, 0.2) is 84.5 Å². The van der Waals surface area contributed by atoms with Crippen molar-refractivity contribution in [2.45, 2.75) is 35.9 Å². The van der Waals surface area contributed by atoms with E-state index < -0.39 is 28.7 Å². The minimum Gasteiger partial charge on any atom is -0.505 e. The lowest BCUT2D eigenvalue weighted by Gasteiger charge is -2.18. The summed E-state index contributed by atoms with van der Waals surface area (Å²) in [6.45, 7) is 3.60. The molecule has 1 N–H and O–H groups in total. The number of hydrogen-bond acceptors (Lipinski definition) is 5. The molecule has 0 fully saturated rings. The minimum absolute atomic E-state index is 0.0665. The Kier molecular flexibility index (Phi) is 5.84. The Labute approximate surface area is 190 Å². The maximum absolute atomic E-state index is 13.4. The van der Waals surface area contributed by atoms with E-state index in [-0.39, 0.29) is 26.8 Å². The first-order chi connectivity index (χ1) is 15.6. The fourth-order valence-electron chi connectivity index (χ4n) is 3.54. The fourth-order valence-corrected chi connectivity index (χ4v) is 4.44. The van der Waals surface area contributed by atoms with Gasteiger partial charge in [0.1, 0.15) is 15.9 Å². The number of nitrogens with zero attached hydrogens (tertiary/aromatic N) is 1. The number of rotatable bonds is 4. The molecule has 0 bridgehead atoms. The van der Waals surface area contributed by atoms with Crippen molar-refractivity contribution in [3.8, 4) is 17.0 Å². The zero-order valence-electron chi connectivity index (χ0n) is 17.5. The van der Waals surface area contributed by atoms with E-state index in [1.54, 1.807) is 38.1 Å². The summed E-state index contributed by atoms with van der Waals surface area (Å²) in [5.74, 6) is -0.623. The SMILES string of the molecule is CC(C)n1c(-c2ccccc2)cc2oc(=O)c(Sc3cccc(C(F)(F)F)c3)c(O)c2c1=O. The second-order valence-electron chi connectivity index (χ2n) is 7.60. The zero-order valence-corrected chi connectivity index (χ0v) is 18.3. The van der Waals surface area contributed by atoms with Crippen LogP contribution in [0.25, 0.3) is 22.2 Å². The molecule has 4 aromatic rings. The third kappa shape index (κ3) is 4.28. The van der Waals surface area contributed by atoms with E-state index >= 15 is 0 Å². The van der Waals surface area contributed by atoms with Crippen LogP contribution in [0.2, 0.25) is 0 Å². The van der Waals surface area contributed by atoms with Gasteiger partial charge in [0, 0.05) is 17.0 Å². The zero-order chi connectivity index (χ0) is 23.9. The summed E-state index contributed by atoms with van der Waals surface area (Å²) in [4.78, 5) is 25.7. The molecule has 0 saturated carbocycles. The van der Waals surface area contributed by atoms with Gasteiger partial charge < -0.3 is 14.1 Å². The Morgan fingerprint density at radius 1 is 1.00 bits per heavy atom. The topological polar surface area (TPSA) is 72.4 Å². The number of aromatic hydroxyl groups is 1. The molecule has 4 rings (SSSR count). The summed E-state index contributed by atoms with van der Waals surface area (Å²) in [7, 11) is 0. The smallest absolute Gasteiger partial charge is 0.416 e. The maximum Gasteiger partial charge on any atom is 0.416 e. The normalized spacial score (nSPS) is 11.9. The second-order valence-corrected chi connectivity index (χ2v) is 8.68. The van der Waals surface area contributed by atoms with Crippen LogP contribution in [0.3, 0.4) is 0 Å². The van der Waals surface area contributed by atoms with Gasteiger partial charge in [-0.2, -0.15) is 13.2 Å². The molecular weight excluding hydrogens is 455 g/mol. The van der Waals surface area contributed by atoms with Crippen molar-refractivity contribution in [2.75, 3.05) is 0 Å². The van der Waals surface area contributed by atoms with Crippen LogP contribution in [0.5, 0.6) is 5.75 Å². The third-order valence-corrected chi connectivity index (χ3v) is 6.07. The Bertz CT molecular complexity index is 1460. The number of benzene rings is 2. The molecule has 170 valence electrons. The lowest BCUT2D eigenvalue weighted by Crippen LogP contribution is -2.24. The van der Waals surface area contributed by atoms with Gasteiger partial charge >= 0.3 is 11.8 Å². The monoisotopic (exact) mass is 473 g/mol. The summed E-state index contributed by atoms with van der Waals surface area (Å²) >= 11 is 0.605. The van der Waals surface area contributed by atoms with Gasteiger partial charge in [-0.1, -0.05) is 48.2 Å². The van der Waals surface area contributed by atoms with Gasteiger partial charge in [-0.05, 0) is 37.6 Å². The van der Waals surface area contributed by atoms with E-state index in [1.165, 1.54) is 22.8 Å². The maximum atomic E-state index is 13.4. The number of alkyl halides is 3. The van der Waals surface area contributed by atoms with Crippen LogP contribution in [-0.4, -0.2) is 9.67 Å². The molecule has 0 spiro atoms. The van der Waals surface area contributed by atoms with Crippen LogP contribution < -0.4 is 11.2 Å². The van der Waals surface area contributed by atoms with Gasteiger partial charge in [-0.3, -0.25) is 4.79 Å². The molecule has 2 aromatic carbocycles. The molecule has 0 aliphatic carbocycles. The van der Waals surface area contributed by atoms with Crippen molar-refractivity contribution >= 4 is 22.7 Å². The third-order valence-electron chi connectivity index (χ3n) is 5.01. The molecule has 5 nitrogen and oxygen atoms in total. The predicted octanol–water partition coefficient (Wildman–Crippen LogP) is 6.08. The van der Waals surface area contributed by atoms with Gasteiger partial charge in [0.2, 0.25) is 0 Å². The highest BCUT2D eigenvalue weighted by Crippen LogP contribution is 2.38. The first-order valence-corrected chi connectivity index (χ1v) is 10.8. The number of halogens is 3. The minimum atomic E-state index is -4.56. The van der Waals surface area contributed by atoms with Crippen LogP contribution in [-0.2, 0) is 6.18 Å². The summed E-state index contributed by atoms with van der Waals surface area (Å²) in [5.41, 5.74) is -1.31. The van der Waals surface area contributed by atoms with E-state index in [2.05, 4.69) is 0 Å². The van der Waals surface area contributed by atoms with E-state index in [1.807, 2.05) is 6.07 Å². The molecule has 9 heteroatoms. The molecule has 0 radical (unpaired) electrons. The second kappa shape index (κ2) is 8.47. The fraction of sp³-hybridized carbons (Fsp3) is 0.167. The molecule has 2 aromatic heterocycles. The highest BCUT2D eigenvalue weighted by Gasteiger charge is 2.31. The van der Waals surface area contributed by atoms with Crippen LogP contribution in [0, 0.1) is 0 Å². The van der Waals surface area contributed by atoms with Crippen molar-refractivity contribution < 1.29 is 22.7 Å². The molecule has 0 aliphatic heterocycles. The lowest BCUT2D eigenvalue weighted by atomic mass is 10.1. The van der Waals surface area contributed by atoms with Gasteiger partial charge in [-0.25, -0.2) is 4.79 Å². The number of fused-ring (bicyclic) bond motifs is 1. The van der Waals surface area contributed by atoms with E-state index in [4.69, 9.17) is 4.42 Å². The quantitative estimate of drug-likeness (QED) is 0.389.